The summed E-state index contributed by atoms with van der Waals surface area (Å²) >= 11 is 0. The van der Waals surface area contributed by atoms with Crippen molar-refractivity contribution in [1.29, 1.82) is 0 Å². The van der Waals surface area contributed by atoms with Crippen LogP contribution in [0.15, 0.2) is 25.2 Å². The first kappa shape index (κ1) is 9.08. The average molecular weight is 142 g/mol. The second kappa shape index (κ2) is 8.08. The van der Waals surface area contributed by atoms with Gasteiger partial charge in [0.25, 0.3) is 0 Å². The summed E-state index contributed by atoms with van der Waals surface area (Å²) in [7, 11) is 0. The van der Waals surface area contributed by atoms with Crippen LogP contribution < -0.4 is 0 Å². The lowest BCUT2D eigenvalue weighted by Crippen LogP contribution is -1.93. The summed E-state index contributed by atoms with van der Waals surface area (Å²) < 4.78 is 9.91. The lowest BCUT2D eigenvalue weighted by Gasteiger charge is -1.99. The number of rotatable bonds is 6. The fourth-order valence-corrected chi connectivity index (χ4v) is 0.473. The molecule has 0 bridgehead atoms. The van der Waals surface area contributed by atoms with E-state index in [9.17, 15) is 0 Å². The summed E-state index contributed by atoms with van der Waals surface area (Å²) in [5.41, 5.74) is 0. The predicted octanol–water partition coefficient (Wildman–Crippen LogP) is 2.09. The summed E-state index contributed by atoms with van der Waals surface area (Å²) in [6.07, 6.45) is 5.87. The molecule has 0 aromatic carbocycles. The number of hydrogen-bond acceptors (Lipinski definition) is 2. The molecule has 58 valence electrons. The molecule has 0 heterocycles. The summed E-state index contributed by atoms with van der Waals surface area (Å²) in [6.45, 7) is 6.72. The Balaban J connectivity index is 2.83. The first-order valence-electron chi connectivity index (χ1n) is 3.37. The lowest BCUT2D eigenvalue weighted by molar-refractivity contribution is 0.184. The van der Waals surface area contributed by atoms with Crippen LogP contribution in [0.25, 0.3) is 0 Å². The zero-order valence-electron chi connectivity index (χ0n) is 6.38. The summed E-state index contributed by atoms with van der Waals surface area (Å²) in [5, 5.41) is 0. The number of allylic oxidation sites excluding steroid dienone is 1. The van der Waals surface area contributed by atoms with Gasteiger partial charge >= 0.3 is 0 Å². The Morgan fingerprint density at radius 2 is 2.00 bits per heavy atom. The Morgan fingerprint density at radius 3 is 2.60 bits per heavy atom. The van der Waals surface area contributed by atoms with E-state index in [1.54, 1.807) is 6.26 Å². The second-order valence-corrected chi connectivity index (χ2v) is 1.73. The molecule has 0 aliphatic heterocycles. The summed E-state index contributed by atoms with van der Waals surface area (Å²) in [4.78, 5) is 0. The van der Waals surface area contributed by atoms with Crippen LogP contribution >= 0.6 is 0 Å². The van der Waals surface area contributed by atoms with Gasteiger partial charge in [-0.3, -0.25) is 0 Å². The van der Waals surface area contributed by atoms with Crippen LogP contribution in [0.3, 0.4) is 0 Å². The van der Waals surface area contributed by atoms with Crippen LogP contribution in [0, 0.1) is 0 Å². The van der Waals surface area contributed by atoms with Gasteiger partial charge in [0.15, 0.2) is 0 Å². The highest BCUT2D eigenvalue weighted by molar-refractivity contribution is 4.64. The molecule has 0 atom stereocenters. The van der Waals surface area contributed by atoms with Crippen LogP contribution in [-0.4, -0.2) is 13.2 Å². The van der Waals surface area contributed by atoms with E-state index in [1.165, 1.54) is 6.26 Å². The molecule has 0 rings (SSSR count). The fourth-order valence-electron chi connectivity index (χ4n) is 0.473. The van der Waals surface area contributed by atoms with Crippen LogP contribution in [0.2, 0.25) is 0 Å². The maximum absolute atomic E-state index is 5.03. The zero-order chi connectivity index (χ0) is 7.66. The molecule has 0 saturated heterocycles. The van der Waals surface area contributed by atoms with Gasteiger partial charge in [-0.2, -0.15) is 0 Å². The molecule has 0 aliphatic carbocycles. The van der Waals surface area contributed by atoms with Crippen LogP contribution in [0.5, 0.6) is 0 Å². The smallest absolute Gasteiger partial charge is 0.0905 e. The monoisotopic (exact) mass is 142 g/mol. The Labute approximate surface area is 62.1 Å². The minimum absolute atomic E-state index is 0.682. The molecule has 2 nitrogen and oxygen atoms in total. The van der Waals surface area contributed by atoms with Crippen molar-refractivity contribution in [2.24, 2.45) is 0 Å². The molecule has 0 aliphatic rings. The van der Waals surface area contributed by atoms with Crippen molar-refractivity contribution in [2.45, 2.75) is 13.3 Å². The average Bonchev–Trinajstić information content (AvgIpc) is 1.97. The van der Waals surface area contributed by atoms with Crippen molar-refractivity contribution in [3.05, 3.63) is 25.2 Å². The molecule has 0 aromatic rings. The number of ether oxygens (including phenoxy) is 2. The normalized spacial score (nSPS) is 9.70. The molecular formula is C8H14O2. The molecular weight excluding hydrogens is 128 g/mol. The van der Waals surface area contributed by atoms with Gasteiger partial charge in [0, 0.05) is 6.42 Å². The molecule has 10 heavy (non-hydrogen) atoms. The van der Waals surface area contributed by atoms with Crippen LogP contribution in [0.4, 0.5) is 0 Å². The third-order valence-corrected chi connectivity index (χ3v) is 0.875. The van der Waals surface area contributed by atoms with E-state index in [-0.39, 0.29) is 0 Å². The largest absolute Gasteiger partial charge is 0.502 e. The van der Waals surface area contributed by atoms with Crippen molar-refractivity contribution >= 4 is 0 Å². The Hall–Kier alpha value is -0.920. The van der Waals surface area contributed by atoms with Gasteiger partial charge in [-0.1, -0.05) is 12.7 Å². The topological polar surface area (TPSA) is 18.5 Å². The third kappa shape index (κ3) is 7.08. The Bertz CT molecular complexity index is 97.4. The summed E-state index contributed by atoms with van der Waals surface area (Å²) in [5.74, 6) is 0. The highest BCUT2D eigenvalue weighted by atomic mass is 16.5. The van der Waals surface area contributed by atoms with Gasteiger partial charge in [-0.15, -0.1) is 0 Å². The maximum atomic E-state index is 5.03. The fraction of sp³-hybridized carbons (Fsp3) is 0.500. The minimum atomic E-state index is 0.682. The van der Waals surface area contributed by atoms with Crippen LogP contribution in [-0.2, 0) is 9.47 Å². The van der Waals surface area contributed by atoms with Gasteiger partial charge in [-0.05, 0) is 6.92 Å². The van der Waals surface area contributed by atoms with E-state index in [0.717, 1.165) is 6.42 Å². The third-order valence-electron chi connectivity index (χ3n) is 0.875. The molecule has 2 heteroatoms. The lowest BCUT2D eigenvalue weighted by atomic mass is 10.5. The van der Waals surface area contributed by atoms with E-state index < -0.39 is 0 Å². The van der Waals surface area contributed by atoms with E-state index >= 15 is 0 Å². The molecule has 0 radical (unpaired) electrons. The molecule has 0 saturated carbocycles. The van der Waals surface area contributed by atoms with Gasteiger partial charge in [0.05, 0.1) is 25.7 Å². The molecule has 0 N–H and O–H groups in total. The van der Waals surface area contributed by atoms with E-state index in [0.29, 0.717) is 13.2 Å². The quantitative estimate of drug-likeness (QED) is 0.417. The van der Waals surface area contributed by atoms with E-state index in [1.807, 2.05) is 13.0 Å². The molecule has 0 fully saturated rings. The maximum Gasteiger partial charge on any atom is 0.0905 e. The van der Waals surface area contributed by atoms with Gasteiger partial charge in [-0.25, -0.2) is 0 Å². The van der Waals surface area contributed by atoms with Crippen LogP contribution in [0.1, 0.15) is 13.3 Å². The van der Waals surface area contributed by atoms with E-state index in [2.05, 4.69) is 6.58 Å². The zero-order valence-corrected chi connectivity index (χ0v) is 6.38. The van der Waals surface area contributed by atoms with Crippen molar-refractivity contribution in [2.75, 3.05) is 13.2 Å². The number of hydrogen-bond donors (Lipinski definition) is 0. The predicted molar refractivity (Wildman–Crippen MR) is 41.5 cm³/mol. The van der Waals surface area contributed by atoms with Crippen molar-refractivity contribution in [1.82, 2.24) is 0 Å². The molecule has 0 amide bonds. The Morgan fingerprint density at radius 1 is 1.30 bits per heavy atom. The highest BCUT2D eigenvalue weighted by Crippen LogP contribution is 1.85. The standard InChI is InChI=1S/C8H14O2/c1-3-6-10-8-5-7-9-4-2/h3-4,6H,2,5,7-8H2,1H3. The van der Waals surface area contributed by atoms with Gasteiger partial charge in [0.2, 0.25) is 0 Å². The minimum Gasteiger partial charge on any atom is -0.502 e. The second-order valence-electron chi connectivity index (χ2n) is 1.73. The van der Waals surface area contributed by atoms with Crippen molar-refractivity contribution in [3.8, 4) is 0 Å². The van der Waals surface area contributed by atoms with Gasteiger partial charge in [0.1, 0.15) is 0 Å². The van der Waals surface area contributed by atoms with Crippen molar-refractivity contribution < 1.29 is 9.47 Å². The Kier molecular flexibility index (Phi) is 7.34. The highest BCUT2D eigenvalue weighted by Gasteiger charge is 1.82. The summed E-state index contributed by atoms with van der Waals surface area (Å²) in [6, 6.07) is 0. The molecule has 0 unspecified atom stereocenters. The first-order chi connectivity index (χ1) is 4.91. The van der Waals surface area contributed by atoms with Crippen molar-refractivity contribution in [3.63, 3.8) is 0 Å². The first-order valence-corrected chi connectivity index (χ1v) is 3.37. The van der Waals surface area contributed by atoms with E-state index in [4.69, 9.17) is 9.47 Å². The molecule has 0 spiro atoms. The van der Waals surface area contributed by atoms with Gasteiger partial charge < -0.3 is 9.47 Å². The molecule has 0 aromatic heterocycles. The SMILES string of the molecule is C=COCCCOC=CC.